The summed E-state index contributed by atoms with van der Waals surface area (Å²) in [5, 5.41) is 11.1. The lowest BCUT2D eigenvalue weighted by atomic mass is 9.58. The van der Waals surface area contributed by atoms with Gasteiger partial charge in [-0.05, 0) is 58.2 Å². The van der Waals surface area contributed by atoms with Crippen molar-refractivity contribution in [3.8, 4) is 16.8 Å². The Bertz CT molecular complexity index is 2610. The lowest BCUT2D eigenvalue weighted by molar-refractivity contribution is 0.669. The highest BCUT2D eigenvalue weighted by Gasteiger charge is 2.29. The summed E-state index contributed by atoms with van der Waals surface area (Å²) in [6.07, 6.45) is 0. The van der Waals surface area contributed by atoms with Crippen molar-refractivity contribution in [2.45, 2.75) is 0 Å². The molecule has 0 saturated heterocycles. The molecule has 0 unspecified atom stereocenters. The average molecular weight is 559 g/mol. The fourth-order valence-corrected chi connectivity index (χ4v) is 7.36. The fourth-order valence-electron chi connectivity index (χ4n) is 7.36. The van der Waals surface area contributed by atoms with Crippen LogP contribution in [-0.4, -0.2) is 11.8 Å². The first-order chi connectivity index (χ1) is 21.8. The molecule has 1 radical (unpaired) electrons. The molecule has 0 amide bonds. The number of furan rings is 1. The van der Waals surface area contributed by atoms with Crippen LogP contribution in [0.2, 0.25) is 0 Å². The highest BCUT2D eigenvalue weighted by atomic mass is 16.3. The Kier molecular flexibility index (Phi) is 4.80. The number of para-hydroxylation sites is 4. The zero-order chi connectivity index (χ0) is 28.8. The topological polar surface area (TPSA) is 30.1 Å². The molecule has 3 nitrogen and oxygen atoms in total. The van der Waals surface area contributed by atoms with E-state index in [0.29, 0.717) is 0 Å². The normalized spacial score (nSPS) is 12.3. The van der Waals surface area contributed by atoms with Crippen LogP contribution < -0.4 is 16.2 Å². The van der Waals surface area contributed by atoms with Crippen molar-refractivity contribution >= 4 is 84.1 Å². The number of hydrogen-bond donors (Lipinski definition) is 1. The van der Waals surface area contributed by atoms with Crippen LogP contribution >= 0.6 is 0 Å². The van der Waals surface area contributed by atoms with Crippen molar-refractivity contribution in [3.05, 3.63) is 140 Å². The molecule has 0 atom stereocenters. The molecule has 7 aromatic carbocycles. The van der Waals surface area contributed by atoms with Gasteiger partial charge in [0.2, 0.25) is 0 Å². The predicted molar refractivity (Wildman–Crippen MR) is 186 cm³/mol. The highest BCUT2D eigenvalue weighted by molar-refractivity contribution is 6.74. The predicted octanol–water partition coefficient (Wildman–Crippen LogP) is 9.22. The maximum atomic E-state index is 6.40. The van der Waals surface area contributed by atoms with E-state index in [0.717, 1.165) is 38.9 Å². The molecule has 1 aliphatic heterocycles. The first-order valence-electron chi connectivity index (χ1n) is 15.0. The Morgan fingerprint density at radius 3 is 2.16 bits per heavy atom. The summed E-state index contributed by atoms with van der Waals surface area (Å²) in [6, 6.07) is 49.7. The lowest BCUT2D eigenvalue weighted by Gasteiger charge is -2.25. The Morgan fingerprint density at radius 2 is 1.27 bits per heavy atom. The van der Waals surface area contributed by atoms with Crippen molar-refractivity contribution in [2.24, 2.45) is 0 Å². The van der Waals surface area contributed by atoms with Crippen molar-refractivity contribution in [2.75, 3.05) is 5.32 Å². The SMILES string of the molecule is [B]1c2ccccc2-n2c3ccccc3c3c4ccccc4c(-c4cc5c(cc4Nc4ccccc4)oc4ccccc45)c1c32. The minimum Gasteiger partial charge on any atom is -0.456 e. The van der Waals surface area contributed by atoms with Gasteiger partial charge in [0.05, 0.1) is 11.2 Å². The van der Waals surface area contributed by atoms with Gasteiger partial charge in [-0.25, -0.2) is 0 Å². The van der Waals surface area contributed by atoms with Gasteiger partial charge in [0, 0.05) is 50.1 Å². The number of anilines is 2. The summed E-state index contributed by atoms with van der Waals surface area (Å²) in [5.74, 6) is 0. The number of aromatic nitrogens is 1. The van der Waals surface area contributed by atoms with E-state index in [1.165, 1.54) is 54.8 Å². The fraction of sp³-hybridized carbons (Fsp3) is 0. The van der Waals surface area contributed by atoms with Crippen molar-refractivity contribution in [1.82, 2.24) is 4.57 Å². The van der Waals surface area contributed by atoms with Gasteiger partial charge in [-0.2, -0.15) is 0 Å². The molecule has 10 rings (SSSR count). The third kappa shape index (κ3) is 3.22. The van der Waals surface area contributed by atoms with Crippen molar-refractivity contribution in [1.29, 1.82) is 0 Å². The summed E-state index contributed by atoms with van der Waals surface area (Å²) in [7, 11) is 2.39. The second-order valence-electron chi connectivity index (χ2n) is 11.6. The van der Waals surface area contributed by atoms with Crippen LogP contribution in [0.15, 0.2) is 144 Å². The molecule has 0 saturated carbocycles. The van der Waals surface area contributed by atoms with Gasteiger partial charge in [0.15, 0.2) is 7.28 Å². The Morgan fingerprint density at radius 1 is 0.568 bits per heavy atom. The minimum absolute atomic E-state index is 0.871. The summed E-state index contributed by atoms with van der Waals surface area (Å²) in [5.41, 5.74) is 12.3. The number of hydrogen-bond acceptors (Lipinski definition) is 2. The monoisotopic (exact) mass is 559 g/mol. The lowest BCUT2D eigenvalue weighted by Crippen LogP contribution is -2.37. The molecular formula is C40H24BN2O. The molecule has 3 heterocycles. The molecule has 203 valence electrons. The number of nitrogens with one attached hydrogen (secondary N) is 1. The summed E-state index contributed by atoms with van der Waals surface area (Å²) >= 11 is 0. The van der Waals surface area contributed by atoms with E-state index >= 15 is 0 Å². The first kappa shape index (κ1) is 23.8. The van der Waals surface area contributed by atoms with E-state index in [1.807, 2.05) is 18.2 Å². The van der Waals surface area contributed by atoms with E-state index in [-0.39, 0.29) is 0 Å². The molecule has 4 heteroatoms. The van der Waals surface area contributed by atoms with Crippen LogP contribution in [0.5, 0.6) is 0 Å². The molecular weight excluding hydrogens is 535 g/mol. The Balaban J connectivity index is 1.41. The molecule has 9 aromatic rings. The molecule has 0 aliphatic carbocycles. The van der Waals surface area contributed by atoms with Crippen LogP contribution in [0.4, 0.5) is 11.4 Å². The quantitative estimate of drug-likeness (QED) is 0.219. The van der Waals surface area contributed by atoms with E-state index in [4.69, 9.17) is 4.42 Å². The number of rotatable bonds is 3. The van der Waals surface area contributed by atoms with Crippen molar-refractivity contribution in [3.63, 3.8) is 0 Å². The van der Waals surface area contributed by atoms with E-state index < -0.39 is 0 Å². The van der Waals surface area contributed by atoms with E-state index in [2.05, 4.69) is 138 Å². The Hall–Kier alpha value is -5.74. The van der Waals surface area contributed by atoms with Gasteiger partial charge >= 0.3 is 0 Å². The van der Waals surface area contributed by atoms with Crippen LogP contribution in [0, 0.1) is 0 Å². The second-order valence-corrected chi connectivity index (χ2v) is 11.6. The maximum absolute atomic E-state index is 6.40. The number of fused-ring (bicyclic) bond motifs is 10. The number of nitrogens with zero attached hydrogens (tertiary/aromatic N) is 1. The molecule has 1 aliphatic rings. The number of benzene rings is 7. The average Bonchev–Trinajstić information content (AvgIpc) is 3.62. The third-order valence-corrected chi connectivity index (χ3v) is 9.18. The molecule has 2 aromatic heterocycles. The molecule has 0 bridgehead atoms. The third-order valence-electron chi connectivity index (χ3n) is 9.18. The molecule has 0 spiro atoms. The van der Waals surface area contributed by atoms with Gasteiger partial charge < -0.3 is 14.3 Å². The second kappa shape index (κ2) is 8.89. The zero-order valence-electron chi connectivity index (χ0n) is 23.7. The van der Waals surface area contributed by atoms with Crippen LogP contribution in [0.1, 0.15) is 0 Å². The summed E-state index contributed by atoms with van der Waals surface area (Å²) < 4.78 is 8.87. The zero-order valence-corrected chi connectivity index (χ0v) is 23.7. The smallest absolute Gasteiger partial charge is 0.197 e. The van der Waals surface area contributed by atoms with Crippen LogP contribution in [-0.2, 0) is 0 Å². The van der Waals surface area contributed by atoms with Gasteiger partial charge in [0.25, 0.3) is 0 Å². The highest BCUT2D eigenvalue weighted by Crippen LogP contribution is 2.45. The molecule has 1 N–H and O–H groups in total. The van der Waals surface area contributed by atoms with Crippen molar-refractivity contribution < 1.29 is 4.42 Å². The van der Waals surface area contributed by atoms with Gasteiger partial charge in [-0.3, -0.25) is 0 Å². The standard InChI is InChI=1S/C40H24BN2O/c1-2-12-24(13-3-1)42-32-23-36-29(25-14-7-11-21-35(25)44-36)22-30(32)37-26-15-4-5-16-27(26)38-28-17-6-9-19-33(28)43-34-20-10-8-18-31(34)41-39(37)40(38)43/h1-23,42H. The molecule has 44 heavy (non-hydrogen) atoms. The van der Waals surface area contributed by atoms with Crippen LogP contribution in [0.3, 0.4) is 0 Å². The van der Waals surface area contributed by atoms with E-state index in [1.54, 1.807) is 0 Å². The Labute approximate surface area is 254 Å². The summed E-state index contributed by atoms with van der Waals surface area (Å²) in [4.78, 5) is 0. The molecule has 0 fully saturated rings. The summed E-state index contributed by atoms with van der Waals surface area (Å²) in [6.45, 7) is 0. The maximum Gasteiger partial charge on any atom is 0.197 e. The van der Waals surface area contributed by atoms with E-state index in [9.17, 15) is 0 Å². The van der Waals surface area contributed by atoms with Gasteiger partial charge in [-0.15, -0.1) is 0 Å². The largest absolute Gasteiger partial charge is 0.456 e. The minimum atomic E-state index is 0.871. The van der Waals surface area contributed by atoms with Gasteiger partial charge in [-0.1, -0.05) is 103 Å². The first-order valence-corrected chi connectivity index (χ1v) is 15.0. The van der Waals surface area contributed by atoms with Crippen LogP contribution in [0.25, 0.3) is 71.3 Å². The van der Waals surface area contributed by atoms with Gasteiger partial charge in [0.1, 0.15) is 11.2 Å².